The highest BCUT2D eigenvalue weighted by Gasteiger charge is 2.33. The monoisotopic (exact) mass is 397 g/mol. The van der Waals surface area contributed by atoms with Gasteiger partial charge in [0.15, 0.2) is 0 Å². The molecule has 0 aliphatic carbocycles. The average Bonchev–Trinajstić information content (AvgIpc) is 2.50. The second kappa shape index (κ2) is 6.93. The van der Waals surface area contributed by atoms with E-state index >= 15 is 0 Å². The number of carbonyl (C=O) groups is 1. The van der Waals surface area contributed by atoms with Gasteiger partial charge in [0.05, 0.1) is 17.7 Å². The van der Waals surface area contributed by atoms with Gasteiger partial charge in [0, 0.05) is 11.8 Å². The number of nitrogens with zero attached hydrogens (tertiary/aromatic N) is 1. The van der Waals surface area contributed by atoms with Gasteiger partial charge in [0.2, 0.25) is 0 Å². The second-order valence-electron chi connectivity index (χ2n) is 5.37. The Morgan fingerprint density at radius 1 is 1.04 bits per heavy atom. The van der Waals surface area contributed by atoms with Crippen LogP contribution in [0.15, 0.2) is 35.3 Å². The summed E-state index contributed by atoms with van der Waals surface area (Å²) in [6, 6.07) is 0.297. The van der Waals surface area contributed by atoms with Crippen LogP contribution in [0, 0.1) is 5.82 Å². The molecule has 27 heavy (non-hydrogen) atoms. The summed E-state index contributed by atoms with van der Waals surface area (Å²) in [6.07, 6.45) is -9.47. The number of halogens is 7. The molecule has 2 amide bonds. The predicted molar refractivity (Wildman–Crippen MR) is 79.4 cm³/mol. The van der Waals surface area contributed by atoms with Crippen LogP contribution in [0.4, 0.5) is 41.2 Å². The third-order valence-corrected chi connectivity index (χ3v) is 3.38. The maximum atomic E-state index is 13.8. The highest BCUT2D eigenvalue weighted by Crippen LogP contribution is 2.32. The van der Waals surface area contributed by atoms with Crippen molar-refractivity contribution in [2.24, 2.45) is 5.73 Å². The lowest BCUT2D eigenvalue weighted by Crippen LogP contribution is -2.30. The van der Waals surface area contributed by atoms with Crippen molar-refractivity contribution in [1.29, 1.82) is 0 Å². The van der Waals surface area contributed by atoms with E-state index in [2.05, 4.69) is 0 Å². The smallest absolute Gasteiger partial charge is 0.351 e. The molecule has 0 aliphatic rings. The lowest BCUT2D eigenvalue weighted by atomic mass is 10.1. The molecule has 146 valence electrons. The van der Waals surface area contributed by atoms with Gasteiger partial charge >= 0.3 is 18.4 Å². The number of nitrogens with one attached hydrogen (secondary N) is 1. The maximum Gasteiger partial charge on any atom is 0.417 e. The number of rotatable bonds is 3. The number of hydrogen-bond donors (Lipinski definition) is 2. The zero-order valence-corrected chi connectivity index (χ0v) is 13.1. The van der Waals surface area contributed by atoms with E-state index in [-0.39, 0.29) is 0 Å². The summed E-state index contributed by atoms with van der Waals surface area (Å²) in [5.74, 6) is -1.16. The number of aromatic nitrogens is 1. The van der Waals surface area contributed by atoms with Crippen LogP contribution < -0.4 is 16.6 Å². The number of nitrogens with two attached hydrogens (primary N) is 1. The summed E-state index contributed by atoms with van der Waals surface area (Å²) in [5.41, 5.74) is -0.586. The average molecular weight is 397 g/mol. The molecule has 12 heteroatoms. The van der Waals surface area contributed by atoms with Crippen LogP contribution in [0.3, 0.4) is 0 Å². The fourth-order valence-corrected chi connectivity index (χ4v) is 2.19. The minimum Gasteiger partial charge on any atom is -0.351 e. The summed E-state index contributed by atoms with van der Waals surface area (Å²) in [6.45, 7) is -0.939. The van der Waals surface area contributed by atoms with Gasteiger partial charge in [0.1, 0.15) is 11.5 Å². The number of amides is 2. The third-order valence-electron chi connectivity index (χ3n) is 3.38. The standard InChI is InChI=1S/C15H10F7N3O2/c16-10-2-1-8(14(17,18)19)3-7(10)5-25-6-9(15(20,21)22)4-11(12(25)26)24-13(23)27/h1-4,6H,5H2,(H3,23,24,27). The summed E-state index contributed by atoms with van der Waals surface area (Å²) < 4.78 is 91.3. The van der Waals surface area contributed by atoms with Crippen LogP contribution in [0.2, 0.25) is 0 Å². The molecule has 0 radical (unpaired) electrons. The molecule has 0 atom stereocenters. The molecular weight excluding hydrogens is 387 g/mol. The van der Waals surface area contributed by atoms with E-state index in [1.807, 2.05) is 0 Å². The molecule has 0 saturated heterocycles. The molecule has 1 aromatic carbocycles. The Morgan fingerprint density at radius 3 is 2.15 bits per heavy atom. The molecule has 0 saturated carbocycles. The van der Waals surface area contributed by atoms with Gasteiger partial charge in [-0.2, -0.15) is 26.3 Å². The number of urea groups is 1. The Hall–Kier alpha value is -3.05. The van der Waals surface area contributed by atoms with Crippen LogP contribution in [-0.4, -0.2) is 10.6 Å². The van der Waals surface area contributed by atoms with E-state index in [0.717, 1.165) is 0 Å². The molecule has 3 N–H and O–H groups in total. The Bertz CT molecular complexity index is 932. The van der Waals surface area contributed by atoms with E-state index in [4.69, 9.17) is 5.73 Å². The topological polar surface area (TPSA) is 77.1 Å². The molecule has 5 nitrogen and oxygen atoms in total. The van der Waals surface area contributed by atoms with Crippen molar-refractivity contribution < 1.29 is 35.5 Å². The van der Waals surface area contributed by atoms with Gasteiger partial charge in [-0.15, -0.1) is 0 Å². The van der Waals surface area contributed by atoms with E-state index in [1.54, 1.807) is 5.32 Å². The van der Waals surface area contributed by atoms with Crippen molar-refractivity contribution in [1.82, 2.24) is 4.57 Å². The Labute approximate surface area is 146 Å². The Kier molecular flexibility index (Phi) is 5.20. The van der Waals surface area contributed by atoms with E-state index in [1.165, 1.54) is 0 Å². The van der Waals surface area contributed by atoms with Crippen molar-refractivity contribution in [2.75, 3.05) is 5.32 Å². The van der Waals surface area contributed by atoms with Crippen LogP contribution in [0.1, 0.15) is 16.7 Å². The molecule has 0 bridgehead atoms. The lowest BCUT2D eigenvalue weighted by Gasteiger charge is -2.15. The minimum absolute atomic E-state index is 0.300. The van der Waals surface area contributed by atoms with Crippen LogP contribution >= 0.6 is 0 Å². The zero-order chi connectivity index (χ0) is 20.6. The quantitative estimate of drug-likeness (QED) is 0.777. The summed E-state index contributed by atoms with van der Waals surface area (Å²) >= 11 is 0. The van der Waals surface area contributed by atoms with Gasteiger partial charge in [-0.3, -0.25) is 4.79 Å². The first kappa shape index (κ1) is 20.3. The second-order valence-corrected chi connectivity index (χ2v) is 5.37. The molecule has 0 fully saturated rings. The molecular formula is C15H10F7N3O2. The number of anilines is 1. The molecule has 1 aromatic heterocycles. The number of pyridine rings is 1. The van der Waals surface area contributed by atoms with Gasteiger partial charge in [-0.05, 0) is 24.3 Å². The fourth-order valence-electron chi connectivity index (χ4n) is 2.19. The maximum absolute atomic E-state index is 13.8. The number of benzene rings is 1. The third kappa shape index (κ3) is 4.77. The zero-order valence-electron chi connectivity index (χ0n) is 13.1. The highest BCUT2D eigenvalue weighted by atomic mass is 19.4. The first-order valence-corrected chi connectivity index (χ1v) is 7.03. The molecule has 0 unspecified atom stereocenters. The van der Waals surface area contributed by atoms with E-state index in [9.17, 15) is 40.3 Å². The number of carbonyl (C=O) groups excluding carboxylic acids is 1. The minimum atomic E-state index is -4.95. The van der Waals surface area contributed by atoms with E-state index in [0.29, 0.717) is 35.0 Å². The number of hydrogen-bond acceptors (Lipinski definition) is 2. The van der Waals surface area contributed by atoms with Gasteiger partial charge < -0.3 is 15.6 Å². The normalized spacial score (nSPS) is 12.1. The van der Waals surface area contributed by atoms with Crippen LogP contribution in [-0.2, 0) is 18.9 Å². The highest BCUT2D eigenvalue weighted by molar-refractivity contribution is 5.87. The molecule has 0 spiro atoms. The van der Waals surface area contributed by atoms with Crippen molar-refractivity contribution in [3.63, 3.8) is 0 Å². The summed E-state index contributed by atoms with van der Waals surface area (Å²) in [5, 5.41) is 1.69. The largest absolute Gasteiger partial charge is 0.417 e. The van der Waals surface area contributed by atoms with E-state index < -0.39 is 58.7 Å². The number of primary amides is 1. The first-order valence-electron chi connectivity index (χ1n) is 7.03. The number of alkyl halides is 6. The van der Waals surface area contributed by atoms with Crippen molar-refractivity contribution in [3.05, 3.63) is 63.3 Å². The van der Waals surface area contributed by atoms with Gasteiger partial charge in [-0.1, -0.05) is 0 Å². The molecule has 0 aliphatic heterocycles. The molecule has 2 rings (SSSR count). The fraction of sp³-hybridized carbons (Fsp3) is 0.200. The predicted octanol–water partition coefficient (Wildman–Crippen LogP) is 3.56. The molecule has 2 aromatic rings. The summed E-state index contributed by atoms with van der Waals surface area (Å²) in [4.78, 5) is 23.0. The van der Waals surface area contributed by atoms with Crippen molar-refractivity contribution in [3.8, 4) is 0 Å². The van der Waals surface area contributed by atoms with Crippen LogP contribution in [0.25, 0.3) is 0 Å². The SMILES string of the molecule is NC(=O)Nc1cc(C(F)(F)F)cn(Cc2cc(C(F)(F)F)ccc2F)c1=O. The first-order chi connectivity index (χ1) is 12.3. The van der Waals surface area contributed by atoms with Crippen molar-refractivity contribution in [2.45, 2.75) is 18.9 Å². The Morgan fingerprint density at radius 2 is 1.63 bits per heavy atom. The lowest BCUT2D eigenvalue weighted by molar-refractivity contribution is -0.138. The van der Waals surface area contributed by atoms with Crippen LogP contribution in [0.5, 0.6) is 0 Å². The van der Waals surface area contributed by atoms with Gasteiger partial charge in [0.25, 0.3) is 5.56 Å². The van der Waals surface area contributed by atoms with Crippen molar-refractivity contribution >= 4 is 11.7 Å². The van der Waals surface area contributed by atoms with Gasteiger partial charge in [-0.25, -0.2) is 9.18 Å². The Balaban J connectivity index is 2.59. The molecule has 1 heterocycles. The summed E-state index contributed by atoms with van der Waals surface area (Å²) in [7, 11) is 0.